The van der Waals surface area contributed by atoms with Gasteiger partial charge >= 0.3 is 0 Å². The van der Waals surface area contributed by atoms with Crippen LogP contribution in [0.5, 0.6) is 0 Å². The third-order valence-electron chi connectivity index (χ3n) is 5.23. The third-order valence-corrected chi connectivity index (χ3v) is 5.23. The minimum Gasteiger partial charge on any atom is -0.338 e. The molecule has 0 aliphatic carbocycles. The minimum atomic E-state index is -0.643. The first kappa shape index (κ1) is 17.7. The zero-order valence-electron chi connectivity index (χ0n) is 15.5. The number of piperidine rings is 1. The second-order valence-corrected chi connectivity index (χ2v) is 7.23. The zero-order chi connectivity index (χ0) is 19.0. The number of hydrogen-bond donors (Lipinski definition) is 1. The molecule has 2 aliphatic heterocycles. The Morgan fingerprint density at radius 2 is 1.85 bits per heavy atom. The summed E-state index contributed by atoms with van der Waals surface area (Å²) in [6, 6.07) is 12.7. The summed E-state index contributed by atoms with van der Waals surface area (Å²) >= 11 is 0. The number of aliphatic imine (C=N–C) groups is 1. The highest BCUT2D eigenvalue weighted by molar-refractivity contribution is 5.99. The van der Waals surface area contributed by atoms with Crippen molar-refractivity contribution in [3.8, 4) is 0 Å². The van der Waals surface area contributed by atoms with Gasteiger partial charge < -0.3 is 4.90 Å². The van der Waals surface area contributed by atoms with Crippen LogP contribution in [0.25, 0.3) is 0 Å². The first-order chi connectivity index (χ1) is 13.0. The lowest BCUT2D eigenvalue weighted by molar-refractivity contribution is -0.0849. The molecule has 0 saturated carbocycles. The molecule has 27 heavy (non-hydrogen) atoms. The normalized spacial score (nSPS) is 18.3. The van der Waals surface area contributed by atoms with Crippen LogP contribution in [-0.2, 0) is 4.84 Å². The summed E-state index contributed by atoms with van der Waals surface area (Å²) in [7, 11) is 0. The Kier molecular flexibility index (Phi) is 4.44. The number of amides is 1. The van der Waals surface area contributed by atoms with E-state index in [-0.39, 0.29) is 11.7 Å². The Morgan fingerprint density at radius 3 is 2.52 bits per heavy atom. The number of benzene rings is 2. The van der Waals surface area contributed by atoms with Crippen LogP contribution in [0, 0.1) is 19.7 Å². The van der Waals surface area contributed by atoms with Gasteiger partial charge in [0.25, 0.3) is 5.91 Å². The van der Waals surface area contributed by atoms with Crippen molar-refractivity contribution in [1.82, 2.24) is 10.4 Å². The van der Waals surface area contributed by atoms with Crippen molar-refractivity contribution >= 4 is 11.7 Å². The Labute approximate surface area is 157 Å². The Hall–Kier alpha value is -2.73. The number of nitrogens with zero attached hydrogens (tertiary/aromatic N) is 2. The molecule has 1 spiro atoms. The fraction of sp³-hybridized carbons (Fsp3) is 0.333. The van der Waals surface area contributed by atoms with E-state index in [9.17, 15) is 9.18 Å². The molecule has 2 aromatic rings. The largest absolute Gasteiger partial charge is 0.338 e. The number of halogens is 1. The van der Waals surface area contributed by atoms with E-state index in [0.29, 0.717) is 37.1 Å². The number of rotatable bonds is 2. The summed E-state index contributed by atoms with van der Waals surface area (Å²) in [5.74, 6) is 0.206. The van der Waals surface area contributed by atoms with Gasteiger partial charge in [0.15, 0.2) is 11.6 Å². The molecule has 0 radical (unpaired) electrons. The van der Waals surface area contributed by atoms with E-state index in [1.54, 1.807) is 24.0 Å². The lowest BCUT2D eigenvalue weighted by atomic mass is 10.00. The second-order valence-electron chi connectivity index (χ2n) is 7.23. The van der Waals surface area contributed by atoms with E-state index < -0.39 is 5.72 Å². The lowest BCUT2D eigenvalue weighted by Gasteiger charge is -2.35. The molecule has 4 rings (SSSR count). The average Bonchev–Trinajstić information content (AvgIpc) is 3.08. The fourth-order valence-electron chi connectivity index (χ4n) is 3.41. The summed E-state index contributed by atoms with van der Waals surface area (Å²) in [6.45, 7) is 4.75. The first-order valence-corrected chi connectivity index (χ1v) is 9.12. The number of amidine groups is 1. The van der Waals surface area contributed by atoms with Crippen LogP contribution in [0.15, 0.2) is 47.5 Å². The van der Waals surface area contributed by atoms with Crippen molar-refractivity contribution in [2.45, 2.75) is 32.4 Å². The summed E-state index contributed by atoms with van der Waals surface area (Å²) < 4.78 is 13.8. The number of likely N-dealkylation sites (tertiary alicyclic amines) is 1. The maximum Gasteiger partial charge on any atom is 0.253 e. The highest BCUT2D eigenvalue weighted by Crippen LogP contribution is 2.31. The summed E-state index contributed by atoms with van der Waals surface area (Å²) in [6.07, 6.45) is 1.19. The molecule has 5 nitrogen and oxygen atoms in total. The van der Waals surface area contributed by atoms with E-state index in [2.05, 4.69) is 5.48 Å². The Balaban J connectivity index is 1.44. The molecule has 0 aromatic heterocycles. The molecule has 0 atom stereocenters. The van der Waals surface area contributed by atoms with Gasteiger partial charge in [0, 0.05) is 37.1 Å². The molecule has 1 N–H and O–H groups in total. The lowest BCUT2D eigenvalue weighted by Crippen LogP contribution is -2.46. The third kappa shape index (κ3) is 3.45. The number of carbonyl (C=O) groups is 1. The molecule has 140 valence electrons. The van der Waals surface area contributed by atoms with Gasteiger partial charge in [-0.05, 0) is 31.5 Å². The summed E-state index contributed by atoms with van der Waals surface area (Å²) in [5, 5.41) is 0. The van der Waals surface area contributed by atoms with E-state index in [1.165, 1.54) is 11.6 Å². The van der Waals surface area contributed by atoms with Gasteiger partial charge in [-0.3, -0.25) is 4.79 Å². The van der Waals surface area contributed by atoms with E-state index >= 15 is 0 Å². The highest BCUT2D eigenvalue weighted by atomic mass is 19.1. The van der Waals surface area contributed by atoms with Crippen molar-refractivity contribution in [3.63, 3.8) is 0 Å². The van der Waals surface area contributed by atoms with Crippen molar-refractivity contribution < 1.29 is 14.0 Å². The summed E-state index contributed by atoms with van der Waals surface area (Å²) in [4.78, 5) is 24.9. The number of carbonyl (C=O) groups excluding carboxylic acids is 1. The molecule has 0 unspecified atom stereocenters. The smallest absolute Gasteiger partial charge is 0.253 e. The average molecular weight is 367 g/mol. The van der Waals surface area contributed by atoms with Crippen LogP contribution >= 0.6 is 0 Å². The van der Waals surface area contributed by atoms with Crippen LogP contribution in [0.3, 0.4) is 0 Å². The molecular formula is C21H22FN3O2. The zero-order valence-corrected chi connectivity index (χ0v) is 15.5. The molecule has 1 fully saturated rings. The minimum absolute atomic E-state index is 0.155. The first-order valence-electron chi connectivity index (χ1n) is 9.12. The topological polar surface area (TPSA) is 53.9 Å². The van der Waals surface area contributed by atoms with Gasteiger partial charge in [0.1, 0.15) is 5.82 Å². The predicted octanol–water partition coefficient (Wildman–Crippen LogP) is 3.36. The van der Waals surface area contributed by atoms with Crippen LogP contribution in [-0.4, -0.2) is 35.5 Å². The van der Waals surface area contributed by atoms with Crippen LogP contribution in [0.2, 0.25) is 0 Å². The molecule has 6 heteroatoms. The molecular weight excluding hydrogens is 345 g/mol. The van der Waals surface area contributed by atoms with Gasteiger partial charge in [0.2, 0.25) is 0 Å². The van der Waals surface area contributed by atoms with Gasteiger partial charge in [0.05, 0.1) is 0 Å². The number of aryl methyl sites for hydroxylation is 2. The van der Waals surface area contributed by atoms with Crippen LogP contribution in [0.4, 0.5) is 4.39 Å². The predicted molar refractivity (Wildman–Crippen MR) is 101 cm³/mol. The molecule has 2 aromatic carbocycles. The Morgan fingerprint density at radius 1 is 1.15 bits per heavy atom. The second kappa shape index (κ2) is 6.78. The highest BCUT2D eigenvalue weighted by Gasteiger charge is 2.41. The van der Waals surface area contributed by atoms with E-state index in [4.69, 9.17) is 9.83 Å². The van der Waals surface area contributed by atoms with Crippen LogP contribution in [0.1, 0.15) is 39.9 Å². The van der Waals surface area contributed by atoms with E-state index in [1.807, 2.05) is 31.2 Å². The SMILES string of the molecule is Cc1ccc(C2=NC3(CCN(C(=O)c4ccc(C)c(F)c4)CC3)ON2)cc1. The maximum absolute atomic E-state index is 13.8. The van der Waals surface area contributed by atoms with E-state index in [0.717, 1.165) is 11.4 Å². The standard InChI is InChI=1S/C21H22FN3O2/c1-14-3-6-16(7-4-14)19-23-21(27-24-19)9-11-25(12-10-21)20(26)17-8-5-15(2)18(22)13-17/h3-8,13H,9-12H2,1-2H3,(H,23,24). The monoisotopic (exact) mass is 367 g/mol. The molecule has 1 amide bonds. The maximum atomic E-state index is 13.8. The summed E-state index contributed by atoms with van der Waals surface area (Å²) in [5.41, 5.74) is 5.37. The fourth-order valence-corrected chi connectivity index (χ4v) is 3.41. The number of hydrogen-bond acceptors (Lipinski definition) is 4. The van der Waals surface area contributed by atoms with Gasteiger partial charge in [-0.1, -0.05) is 35.9 Å². The van der Waals surface area contributed by atoms with Crippen molar-refractivity contribution in [2.24, 2.45) is 4.99 Å². The molecule has 2 heterocycles. The van der Waals surface area contributed by atoms with Crippen molar-refractivity contribution in [1.29, 1.82) is 0 Å². The molecule has 1 saturated heterocycles. The number of hydroxylamine groups is 1. The van der Waals surface area contributed by atoms with Crippen molar-refractivity contribution in [2.75, 3.05) is 13.1 Å². The number of nitrogens with one attached hydrogen (secondary N) is 1. The Bertz CT molecular complexity index is 900. The molecule has 2 aliphatic rings. The van der Waals surface area contributed by atoms with Gasteiger partial charge in [-0.2, -0.15) is 0 Å². The quantitative estimate of drug-likeness (QED) is 0.886. The molecule has 0 bridgehead atoms. The van der Waals surface area contributed by atoms with Crippen LogP contribution < -0.4 is 5.48 Å². The van der Waals surface area contributed by atoms with Gasteiger partial charge in [-0.15, -0.1) is 0 Å². The van der Waals surface area contributed by atoms with Crippen molar-refractivity contribution in [3.05, 3.63) is 70.5 Å². The van der Waals surface area contributed by atoms with Gasteiger partial charge in [-0.25, -0.2) is 19.7 Å².